The van der Waals surface area contributed by atoms with Crippen LogP contribution in [0.25, 0.3) is 11.0 Å². The van der Waals surface area contributed by atoms with E-state index < -0.39 is 18.6 Å². The molecule has 1 atom stereocenters. The van der Waals surface area contributed by atoms with Crippen molar-refractivity contribution in [3.63, 3.8) is 0 Å². The van der Waals surface area contributed by atoms with Gasteiger partial charge in [0.1, 0.15) is 5.56 Å². The lowest BCUT2D eigenvalue weighted by atomic mass is 10.1. The Labute approximate surface area is 148 Å². The molecule has 0 N–H and O–H groups in total. The zero-order chi connectivity index (χ0) is 19.0. The van der Waals surface area contributed by atoms with Crippen molar-refractivity contribution in [3.8, 4) is 0 Å². The van der Waals surface area contributed by atoms with Crippen molar-refractivity contribution < 1.29 is 22.8 Å². The number of ether oxygens (including phenoxy) is 1. The Morgan fingerprint density at radius 1 is 1.23 bits per heavy atom. The molecule has 2 heterocycles. The van der Waals surface area contributed by atoms with E-state index in [9.17, 15) is 13.6 Å². The number of aromatic nitrogens is 3. The van der Waals surface area contributed by atoms with Crippen molar-refractivity contribution in [3.05, 3.63) is 47.1 Å². The molecule has 0 bridgehead atoms. The lowest BCUT2D eigenvalue weighted by Crippen LogP contribution is -2.16. The molecule has 0 fully saturated rings. The summed E-state index contributed by atoms with van der Waals surface area (Å²) < 4.78 is 38.5. The summed E-state index contributed by atoms with van der Waals surface area (Å²) in [5.74, 6) is -0.357. The maximum atomic E-state index is 13.6. The van der Waals surface area contributed by atoms with E-state index in [2.05, 4.69) is 10.1 Å². The van der Waals surface area contributed by atoms with Crippen LogP contribution in [0.5, 0.6) is 0 Å². The zero-order valence-electron chi connectivity index (χ0n) is 14.9. The highest BCUT2D eigenvalue weighted by Crippen LogP contribution is 2.30. The third kappa shape index (κ3) is 3.07. The molecule has 3 aromatic rings. The highest BCUT2D eigenvalue weighted by atomic mass is 19.3. The van der Waals surface area contributed by atoms with Gasteiger partial charge in [0, 0.05) is 5.92 Å². The topological polar surface area (TPSA) is 70.2 Å². The van der Waals surface area contributed by atoms with Gasteiger partial charge in [-0.25, -0.2) is 9.78 Å². The molecule has 8 heteroatoms. The number of halogens is 2. The van der Waals surface area contributed by atoms with Crippen LogP contribution < -0.4 is 0 Å². The maximum Gasteiger partial charge on any atom is 0.344 e. The van der Waals surface area contributed by atoms with Crippen LogP contribution in [-0.4, -0.2) is 20.7 Å². The molecule has 0 radical (unpaired) electrons. The Morgan fingerprint density at radius 2 is 1.92 bits per heavy atom. The second-order valence-electron chi connectivity index (χ2n) is 6.32. The standard InChI is InChI=1S/C18H19F2N3O3/c1-9(2)15-14(10(3)22-26-15)17(24)25-11(4)16-21-12-7-5-6-8-13(12)23(16)18(19)20/h5-9,11,18H,1-4H3. The van der Waals surface area contributed by atoms with Gasteiger partial charge in [-0.15, -0.1) is 0 Å². The summed E-state index contributed by atoms with van der Waals surface area (Å²) in [7, 11) is 0. The summed E-state index contributed by atoms with van der Waals surface area (Å²) in [6.07, 6.45) is -0.974. The highest BCUT2D eigenvalue weighted by Gasteiger charge is 2.28. The van der Waals surface area contributed by atoms with E-state index in [4.69, 9.17) is 9.26 Å². The first-order chi connectivity index (χ1) is 12.3. The molecular weight excluding hydrogens is 344 g/mol. The minimum Gasteiger partial charge on any atom is -0.451 e. The summed E-state index contributed by atoms with van der Waals surface area (Å²) >= 11 is 0. The molecule has 1 aromatic carbocycles. The Kier molecular flexibility index (Phi) is 4.76. The van der Waals surface area contributed by atoms with Crippen LogP contribution in [0.4, 0.5) is 8.78 Å². The van der Waals surface area contributed by atoms with Gasteiger partial charge in [-0.3, -0.25) is 4.57 Å². The molecular formula is C18H19F2N3O3. The van der Waals surface area contributed by atoms with Crippen LogP contribution in [0.2, 0.25) is 0 Å². The van der Waals surface area contributed by atoms with Crippen LogP contribution in [0.15, 0.2) is 28.8 Å². The van der Waals surface area contributed by atoms with Gasteiger partial charge in [-0.05, 0) is 26.0 Å². The minimum atomic E-state index is -2.80. The van der Waals surface area contributed by atoms with Crippen molar-refractivity contribution in [1.29, 1.82) is 0 Å². The van der Waals surface area contributed by atoms with Crippen molar-refractivity contribution in [2.45, 2.75) is 46.3 Å². The summed E-state index contributed by atoms with van der Waals surface area (Å²) in [6, 6.07) is 6.54. The number of nitrogens with zero attached hydrogens (tertiary/aromatic N) is 3. The number of aryl methyl sites for hydroxylation is 1. The van der Waals surface area contributed by atoms with E-state index in [1.165, 1.54) is 6.92 Å². The molecule has 6 nitrogen and oxygen atoms in total. The fourth-order valence-corrected chi connectivity index (χ4v) is 2.86. The van der Waals surface area contributed by atoms with Crippen molar-refractivity contribution in [2.75, 3.05) is 0 Å². The van der Waals surface area contributed by atoms with Crippen LogP contribution in [-0.2, 0) is 4.74 Å². The lowest BCUT2D eigenvalue weighted by Gasteiger charge is -2.15. The summed E-state index contributed by atoms with van der Waals surface area (Å²) in [4.78, 5) is 16.8. The number of rotatable bonds is 5. The van der Waals surface area contributed by atoms with Crippen LogP contribution in [0, 0.1) is 6.92 Å². The Morgan fingerprint density at radius 3 is 2.58 bits per heavy atom. The number of fused-ring (bicyclic) bond motifs is 1. The minimum absolute atomic E-state index is 0.0187. The SMILES string of the molecule is Cc1noc(C(C)C)c1C(=O)OC(C)c1nc2ccccc2n1C(F)F. The van der Waals surface area contributed by atoms with E-state index in [0.717, 1.165) is 4.57 Å². The molecule has 0 saturated carbocycles. The lowest BCUT2D eigenvalue weighted by molar-refractivity contribution is 0.0230. The Bertz CT molecular complexity index is 946. The van der Waals surface area contributed by atoms with Gasteiger partial charge in [-0.2, -0.15) is 8.78 Å². The molecule has 0 amide bonds. The smallest absolute Gasteiger partial charge is 0.344 e. The molecule has 26 heavy (non-hydrogen) atoms. The number of carbonyl (C=O) groups excluding carboxylic acids is 1. The molecule has 2 aromatic heterocycles. The fraction of sp³-hybridized carbons (Fsp3) is 0.389. The third-order valence-electron chi connectivity index (χ3n) is 4.08. The average molecular weight is 363 g/mol. The van der Waals surface area contributed by atoms with Gasteiger partial charge in [0.05, 0.1) is 16.7 Å². The van der Waals surface area contributed by atoms with Gasteiger partial charge in [-0.1, -0.05) is 31.1 Å². The van der Waals surface area contributed by atoms with Gasteiger partial charge in [0.2, 0.25) is 0 Å². The molecule has 1 unspecified atom stereocenters. The van der Waals surface area contributed by atoms with Gasteiger partial charge in [0.15, 0.2) is 17.7 Å². The number of esters is 1. The van der Waals surface area contributed by atoms with Crippen molar-refractivity contribution in [1.82, 2.24) is 14.7 Å². The Balaban J connectivity index is 1.95. The molecule has 0 saturated heterocycles. The first-order valence-corrected chi connectivity index (χ1v) is 8.23. The molecule has 0 aliphatic carbocycles. The number of hydrogen-bond donors (Lipinski definition) is 0. The second-order valence-corrected chi connectivity index (χ2v) is 6.32. The first-order valence-electron chi connectivity index (χ1n) is 8.23. The number of alkyl halides is 2. The monoisotopic (exact) mass is 363 g/mol. The number of carbonyl (C=O) groups is 1. The average Bonchev–Trinajstić information content (AvgIpc) is 3.15. The molecule has 3 rings (SSSR count). The van der Waals surface area contributed by atoms with Crippen molar-refractivity contribution >= 4 is 17.0 Å². The predicted octanol–water partition coefficient (Wildman–Crippen LogP) is 4.77. The van der Waals surface area contributed by atoms with Gasteiger partial charge in [0.25, 0.3) is 0 Å². The summed E-state index contributed by atoms with van der Waals surface area (Å²) in [5, 5.41) is 3.80. The summed E-state index contributed by atoms with van der Waals surface area (Å²) in [6.45, 7) is 4.05. The molecule has 0 spiro atoms. The third-order valence-corrected chi connectivity index (χ3v) is 4.08. The maximum absolute atomic E-state index is 13.6. The van der Waals surface area contributed by atoms with Crippen LogP contribution in [0.3, 0.4) is 0 Å². The van der Waals surface area contributed by atoms with Crippen molar-refractivity contribution in [2.24, 2.45) is 0 Å². The molecule has 0 aliphatic heterocycles. The van der Waals surface area contributed by atoms with E-state index >= 15 is 0 Å². The summed E-state index contributed by atoms with van der Waals surface area (Å²) in [5.41, 5.74) is 1.32. The largest absolute Gasteiger partial charge is 0.451 e. The van der Waals surface area contributed by atoms with E-state index in [1.807, 2.05) is 13.8 Å². The Hall–Kier alpha value is -2.77. The van der Waals surface area contributed by atoms with E-state index in [-0.39, 0.29) is 22.8 Å². The number of benzene rings is 1. The molecule has 138 valence electrons. The number of hydrogen-bond acceptors (Lipinski definition) is 5. The number of para-hydroxylation sites is 2. The highest BCUT2D eigenvalue weighted by molar-refractivity contribution is 5.92. The van der Waals surface area contributed by atoms with Crippen LogP contribution in [0.1, 0.15) is 67.0 Å². The first kappa shape index (κ1) is 18.0. The zero-order valence-corrected chi connectivity index (χ0v) is 14.9. The fourth-order valence-electron chi connectivity index (χ4n) is 2.86. The van der Waals surface area contributed by atoms with Gasteiger partial charge < -0.3 is 9.26 Å². The molecule has 0 aliphatic rings. The quantitative estimate of drug-likeness (QED) is 0.611. The van der Waals surface area contributed by atoms with Crippen LogP contribution >= 0.6 is 0 Å². The second kappa shape index (κ2) is 6.86. The van der Waals surface area contributed by atoms with E-state index in [0.29, 0.717) is 17.0 Å². The predicted molar refractivity (Wildman–Crippen MR) is 90.1 cm³/mol. The van der Waals surface area contributed by atoms with E-state index in [1.54, 1.807) is 31.2 Å². The number of imidazole rings is 1. The normalized spacial score (nSPS) is 12.9. The van der Waals surface area contributed by atoms with Gasteiger partial charge >= 0.3 is 12.5 Å².